The van der Waals surface area contributed by atoms with Gasteiger partial charge in [-0.15, -0.1) is 0 Å². The van der Waals surface area contributed by atoms with Gasteiger partial charge in [0.25, 0.3) is 0 Å². The van der Waals surface area contributed by atoms with E-state index in [0.717, 1.165) is 24.8 Å². The second-order valence-electron chi connectivity index (χ2n) is 13.7. The molecule has 3 N–H and O–H groups in total. The molecule has 3 aromatic rings. The van der Waals surface area contributed by atoms with Crippen molar-refractivity contribution < 1.29 is 33.8 Å². The summed E-state index contributed by atoms with van der Waals surface area (Å²) in [5, 5.41) is 19.6. The fourth-order valence-corrected chi connectivity index (χ4v) is 7.05. The van der Waals surface area contributed by atoms with Gasteiger partial charge in [0.1, 0.15) is 35.0 Å². The zero-order valence-corrected chi connectivity index (χ0v) is 28.1. The van der Waals surface area contributed by atoms with Crippen LogP contribution in [0.4, 0.5) is 4.79 Å². The quantitative estimate of drug-likeness (QED) is 0.314. The molecule has 4 heterocycles. The monoisotopic (exact) mass is 675 g/mol. The van der Waals surface area contributed by atoms with Crippen molar-refractivity contribution in [2.75, 3.05) is 6.54 Å². The number of carbonyl (C=O) groups excluding carboxylic acids is 3. The van der Waals surface area contributed by atoms with E-state index in [1.165, 1.54) is 16.2 Å². The van der Waals surface area contributed by atoms with Gasteiger partial charge in [-0.25, -0.2) is 19.6 Å². The predicted octanol–water partition coefficient (Wildman–Crippen LogP) is 5.08. The van der Waals surface area contributed by atoms with Gasteiger partial charge in [-0.05, 0) is 70.0 Å². The first-order valence-corrected chi connectivity index (χ1v) is 17.4. The van der Waals surface area contributed by atoms with Crippen molar-refractivity contribution >= 4 is 46.2 Å². The molecule has 0 bridgehead atoms. The Morgan fingerprint density at radius 1 is 1.10 bits per heavy atom. The summed E-state index contributed by atoms with van der Waals surface area (Å²) in [4.78, 5) is 64.6. The van der Waals surface area contributed by atoms with E-state index < -0.39 is 53.2 Å². The average molecular weight is 676 g/mol. The number of hydrogen-bond donors (Lipinski definition) is 3. The Morgan fingerprint density at radius 2 is 1.88 bits per heavy atom. The second-order valence-corrected chi connectivity index (χ2v) is 14.5. The summed E-state index contributed by atoms with van der Waals surface area (Å²) >= 11 is 1.51. The Labute approximate surface area is 282 Å². The number of carbonyl (C=O) groups is 4. The number of rotatable bonds is 5. The number of carboxylic acid groups (broad SMARTS) is 1. The maximum Gasteiger partial charge on any atom is 0.408 e. The number of carboxylic acids is 1. The van der Waals surface area contributed by atoms with Crippen LogP contribution < -0.4 is 15.4 Å². The number of nitrogens with one attached hydrogen (secondary N) is 2. The number of aromatic nitrogens is 2. The van der Waals surface area contributed by atoms with E-state index >= 15 is 0 Å². The van der Waals surface area contributed by atoms with E-state index in [-0.39, 0.29) is 31.2 Å². The molecule has 5 atom stereocenters. The summed E-state index contributed by atoms with van der Waals surface area (Å²) in [5.41, 5.74) is 0.478. The molecule has 2 aromatic heterocycles. The zero-order chi connectivity index (χ0) is 34.1. The molecule has 3 aliphatic rings. The molecule has 0 spiro atoms. The third-order valence-corrected chi connectivity index (χ3v) is 9.61. The first-order chi connectivity index (χ1) is 22.9. The number of benzene rings is 1. The summed E-state index contributed by atoms with van der Waals surface area (Å²) in [6, 6.07) is 7.36. The third kappa shape index (κ3) is 7.30. The van der Waals surface area contributed by atoms with Crippen LogP contribution in [0, 0.1) is 5.92 Å². The lowest BCUT2D eigenvalue weighted by Crippen LogP contribution is -2.56. The third-order valence-electron chi connectivity index (χ3n) is 8.92. The van der Waals surface area contributed by atoms with Crippen LogP contribution in [0.25, 0.3) is 22.3 Å². The van der Waals surface area contributed by atoms with Crippen LogP contribution in [-0.2, 0) is 19.1 Å². The minimum atomic E-state index is -1.44. The van der Waals surface area contributed by atoms with Crippen molar-refractivity contribution in [1.29, 1.82) is 0 Å². The normalized spacial score (nSPS) is 27.1. The average Bonchev–Trinajstić information content (AvgIpc) is 3.34. The van der Waals surface area contributed by atoms with Gasteiger partial charge in [0.05, 0.1) is 17.6 Å². The van der Waals surface area contributed by atoms with Gasteiger partial charge < -0.3 is 30.1 Å². The van der Waals surface area contributed by atoms with Crippen LogP contribution in [0.3, 0.4) is 0 Å². The minimum absolute atomic E-state index is 0.0183. The second kappa shape index (κ2) is 13.5. The molecule has 2 fully saturated rings. The Kier molecular flexibility index (Phi) is 9.41. The molecule has 3 unspecified atom stereocenters. The molecular formula is C35H41N5O7S. The number of fused-ring (bicyclic) bond motifs is 3. The van der Waals surface area contributed by atoms with E-state index in [4.69, 9.17) is 19.4 Å². The largest absolute Gasteiger partial charge is 0.479 e. The smallest absolute Gasteiger partial charge is 0.408 e. The lowest BCUT2D eigenvalue weighted by Gasteiger charge is -2.30. The number of hydrogen-bond acceptors (Lipinski definition) is 9. The molecule has 1 saturated carbocycles. The number of alkyl carbamates (subject to hydrolysis) is 1. The van der Waals surface area contributed by atoms with Crippen LogP contribution >= 0.6 is 11.3 Å². The van der Waals surface area contributed by atoms with Gasteiger partial charge in [-0.3, -0.25) is 9.59 Å². The molecule has 2 aliphatic heterocycles. The fraction of sp³-hybridized carbons (Fsp3) is 0.486. The lowest BCUT2D eigenvalue weighted by atomic mass is 10.0. The Hall–Kier alpha value is -4.52. The summed E-state index contributed by atoms with van der Waals surface area (Å²) in [6.45, 7) is 5.24. The van der Waals surface area contributed by atoms with E-state index in [2.05, 4.69) is 10.6 Å². The maximum absolute atomic E-state index is 14.3. The number of amides is 3. The van der Waals surface area contributed by atoms with Crippen molar-refractivity contribution in [2.45, 2.75) is 95.0 Å². The van der Waals surface area contributed by atoms with Crippen molar-refractivity contribution in [3.8, 4) is 17.1 Å². The molecule has 1 aliphatic carbocycles. The highest BCUT2D eigenvalue weighted by atomic mass is 32.1. The van der Waals surface area contributed by atoms with Crippen molar-refractivity contribution in [1.82, 2.24) is 25.5 Å². The number of aliphatic carboxylic acids is 1. The standard InChI is InChI=1S/C35H41N5O7S/c1-34(2,3)47-33(45)38-26-14-8-6-4-5-7-11-22-18-35(22,32(43)44)39-29(41)27-17-23(19-40(27)31(26)42)46-30-28(21-15-16-48-20-21)36-24-12-9-10-13-25(24)37-30/h7,9-13,15-16,20,22-23,26-27H,4-6,8,14,17-19H2,1-3H3,(H,38,45)(H,39,41)(H,43,44)/b11-7-/t22?,23-,26-,27?,35?/m1/s1. The molecule has 48 heavy (non-hydrogen) atoms. The maximum atomic E-state index is 14.3. The van der Waals surface area contributed by atoms with E-state index in [9.17, 15) is 24.3 Å². The van der Waals surface area contributed by atoms with Gasteiger partial charge in [0.15, 0.2) is 0 Å². The summed E-state index contributed by atoms with van der Waals surface area (Å²) in [6.07, 6.45) is 6.18. The number of allylic oxidation sites excluding steroid dienone is 1. The molecular weight excluding hydrogens is 634 g/mol. The van der Waals surface area contributed by atoms with E-state index in [0.29, 0.717) is 29.6 Å². The van der Waals surface area contributed by atoms with Gasteiger partial charge >= 0.3 is 12.1 Å². The SMILES string of the molecule is CC(C)(C)OC(=O)N[C@@H]1CCCCC/C=C\C2CC2(C(=O)O)NC(=O)C2C[C@@H](Oc3nc4ccccc4nc3-c3ccsc3)CN2C1=O. The zero-order valence-electron chi connectivity index (χ0n) is 27.3. The van der Waals surface area contributed by atoms with Crippen molar-refractivity contribution in [3.63, 3.8) is 0 Å². The topological polar surface area (TPSA) is 160 Å². The van der Waals surface area contributed by atoms with Crippen LogP contribution in [0.15, 0.2) is 53.2 Å². The Balaban J connectivity index is 1.32. The molecule has 12 nitrogen and oxygen atoms in total. The highest BCUT2D eigenvalue weighted by molar-refractivity contribution is 7.08. The lowest BCUT2D eigenvalue weighted by molar-refractivity contribution is -0.145. The van der Waals surface area contributed by atoms with Gasteiger partial charge in [0.2, 0.25) is 17.7 Å². The fourth-order valence-electron chi connectivity index (χ4n) is 6.41. The van der Waals surface area contributed by atoms with E-state index in [1.807, 2.05) is 53.2 Å². The summed E-state index contributed by atoms with van der Waals surface area (Å²) < 4.78 is 12.0. The first-order valence-electron chi connectivity index (χ1n) is 16.4. The number of para-hydroxylation sites is 2. The predicted molar refractivity (Wildman–Crippen MR) is 179 cm³/mol. The van der Waals surface area contributed by atoms with Crippen LogP contribution in [0.5, 0.6) is 5.88 Å². The first kappa shape index (κ1) is 33.4. The Morgan fingerprint density at radius 3 is 2.58 bits per heavy atom. The summed E-state index contributed by atoms with van der Waals surface area (Å²) in [7, 11) is 0. The van der Waals surface area contributed by atoms with Crippen molar-refractivity contribution in [2.24, 2.45) is 5.92 Å². The number of ether oxygens (including phenoxy) is 2. The van der Waals surface area contributed by atoms with E-state index in [1.54, 1.807) is 20.8 Å². The number of thiophene rings is 1. The molecule has 13 heteroatoms. The van der Waals surface area contributed by atoms with Gasteiger partial charge in [0, 0.05) is 23.3 Å². The molecule has 6 rings (SSSR count). The Bertz CT molecular complexity index is 1720. The van der Waals surface area contributed by atoms with Gasteiger partial charge in [-0.1, -0.05) is 37.1 Å². The van der Waals surface area contributed by atoms with Crippen LogP contribution in [0.1, 0.15) is 65.7 Å². The van der Waals surface area contributed by atoms with Crippen LogP contribution in [-0.4, -0.2) is 79.7 Å². The number of nitrogens with zero attached hydrogens (tertiary/aromatic N) is 3. The summed E-state index contributed by atoms with van der Waals surface area (Å²) in [5.74, 6) is -2.23. The van der Waals surface area contributed by atoms with Gasteiger partial charge in [-0.2, -0.15) is 11.3 Å². The molecule has 254 valence electrons. The molecule has 0 radical (unpaired) electrons. The minimum Gasteiger partial charge on any atom is -0.479 e. The molecule has 1 saturated heterocycles. The van der Waals surface area contributed by atoms with Crippen molar-refractivity contribution in [3.05, 3.63) is 53.2 Å². The highest BCUT2D eigenvalue weighted by Crippen LogP contribution is 2.45. The molecule has 3 amide bonds. The highest BCUT2D eigenvalue weighted by Gasteiger charge is 2.61. The molecule has 1 aromatic carbocycles. The van der Waals surface area contributed by atoms with Crippen LogP contribution in [0.2, 0.25) is 0 Å².